The van der Waals surface area contributed by atoms with Gasteiger partial charge in [-0.25, -0.2) is 0 Å². The van der Waals surface area contributed by atoms with Gasteiger partial charge in [-0.1, -0.05) is 0 Å². The van der Waals surface area contributed by atoms with Crippen LogP contribution in [0.1, 0.15) is 18.4 Å². The maximum atomic E-state index is 7.50. The smallest absolute Gasteiger partial charge is 0.123 e. The number of halogens is 1. The van der Waals surface area contributed by atoms with Crippen molar-refractivity contribution in [2.45, 2.75) is 18.9 Å². The van der Waals surface area contributed by atoms with Gasteiger partial charge in [0.1, 0.15) is 5.84 Å². The van der Waals surface area contributed by atoms with E-state index in [-0.39, 0.29) is 5.84 Å². The number of nitrogens with two attached hydrogens (primary N) is 1. The molecule has 0 amide bonds. The summed E-state index contributed by atoms with van der Waals surface area (Å²) in [4.78, 5) is 5.02. The minimum atomic E-state index is 0.108. The molecule has 4 nitrogen and oxygen atoms in total. The molecule has 3 N–H and O–H groups in total. The Morgan fingerprint density at radius 2 is 1.89 bits per heavy atom. The lowest BCUT2D eigenvalue weighted by atomic mass is 10.1. The van der Waals surface area contributed by atoms with Crippen LogP contribution in [-0.2, 0) is 0 Å². The maximum absolute atomic E-state index is 7.50. The lowest BCUT2D eigenvalue weighted by Gasteiger charge is -2.36. The number of piperazine rings is 1. The quantitative estimate of drug-likeness (QED) is 0.661. The van der Waals surface area contributed by atoms with E-state index in [0.29, 0.717) is 0 Å². The molecule has 19 heavy (non-hydrogen) atoms. The molecule has 0 radical (unpaired) electrons. The van der Waals surface area contributed by atoms with E-state index in [1.54, 1.807) is 0 Å². The van der Waals surface area contributed by atoms with Gasteiger partial charge in [-0.15, -0.1) is 0 Å². The van der Waals surface area contributed by atoms with Crippen molar-refractivity contribution < 1.29 is 0 Å². The third-order valence-corrected chi connectivity index (χ3v) is 4.64. The zero-order chi connectivity index (χ0) is 13.4. The molecule has 0 atom stereocenters. The summed E-state index contributed by atoms with van der Waals surface area (Å²) in [6.07, 6.45) is 2.78. The molecule has 0 aromatic heterocycles. The maximum Gasteiger partial charge on any atom is 0.123 e. The lowest BCUT2D eigenvalue weighted by Crippen LogP contribution is -2.47. The molecule has 0 spiro atoms. The van der Waals surface area contributed by atoms with Crippen LogP contribution in [0.25, 0.3) is 0 Å². The average molecular weight is 323 g/mol. The molecular weight excluding hydrogens is 304 g/mol. The molecule has 1 aliphatic heterocycles. The summed E-state index contributed by atoms with van der Waals surface area (Å²) >= 11 is 3.50. The Kier molecular flexibility index (Phi) is 3.50. The number of nitrogens with one attached hydrogen (secondary N) is 1. The fourth-order valence-electron chi connectivity index (χ4n) is 2.70. The van der Waals surface area contributed by atoms with Crippen molar-refractivity contribution in [2.75, 3.05) is 31.1 Å². The van der Waals surface area contributed by atoms with E-state index in [9.17, 15) is 0 Å². The highest BCUT2D eigenvalue weighted by Gasteiger charge is 2.31. The first kappa shape index (κ1) is 12.9. The summed E-state index contributed by atoms with van der Waals surface area (Å²) in [5, 5.41) is 7.50. The second kappa shape index (κ2) is 5.13. The standard InChI is InChI=1S/C14H19BrN4/c15-13-9-11(3-4-12(13)14(16)17)19-7-5-18(6-8-19)10-1-2-10/h3-4,9-10H,1-2,5-8H2,(H3,16,17). The number of nitrogens with zero attached hydrogens (tertiary/aromatic N) is 2. The van der Waals surface area contributed by atoms with Crippen LogP contribution < -0.4 is 10.6 Å². The van der Waals surface area contributed by atoms with Gasteiger partial charge < -0.3 is 10.6 Å². The topological polar surface area (TPSA) is 56.4 Å². The van der Waals surface area contributed by atoms with E-state index in [1.165, 1.54) is 18.5 Å². The predicted octanol–water partition coefficient (Wildman–Crippen LogP) is 2.02. The van der Waals surface area contributed by atoms with Crippen molar-refractivity contribution in [3.8, 4) is 0 Å². The Bertz CT molecular complexity index is 490. The molecule has 5 heteroatoms. The molecule has 2 fully saturated rings. The van der Waals surface area contributed by atoms with Crippen molar-refractivity contribution in [3.63, 3.8) is 0 Å². The van der Waals surface area contributed by atoms with Crippen LogP contribution in [0.4, 0.5) is 5.69 Å². The van der Waals surface area contributed by atoms with Gasteiger partial charge in [-0.3, -0.25) is 10.3 Å². The molecular formula is C14H19BrN4. The van der Waals surface area contributed by atoms with Gasteiger partial charge in [0.15, 0.2) is 0 Å². The Balaban J connectivity index is 1.69. The third kappa shape index (κ3) is 2.77. The van der Waals surface area contributed by atoms with Crippen molar-refractivity contribution in [3.05, 3.63) is 28.2 Å². The van der Waals surface area contributed by atoms with E-state index < -0.39 is 0 Å². The number of rotatable bonds is 3. The largest absolute Gasteiger partial charge is 0.384 e. The highest BCUT2D eigenvalue weighted by molar-refractivity contribution is 9.10. The summed E-state index contributed by atoms with van der Waals surface area (Å²) in [5.41, 5.74) is 7.51. The van der Waals surface area contributed by atoms with Crippen molar-refractivity contribution in [2.24, 2.45) is 5.73 Å². The lowest BCUT2D eigenvalue weighted by molar-refractivity contribution is 0.248. The molecule has 1 aromatic rings. The van der Waals surface area contributed by atoms with Gasteiger partial charge in [0.05, 0.1) is 0 Å². The fraction of sp³-hybridized carbons (Fsp3) is 0.500. The molecule has 0 unspecified atom stereocenters. The Morgan fingerprint density at radius 1 is 1.21 bits per heavy atom. The minimum absolute atomic E-state index is 0.108. The molecule has 1 heterocycles. The average Bonchev–Trinajstić information content (AvgIpc) is 3.22. The number of benzene rings is 1. The van der Waals surface area contributed by atoms with Gasteiger partial charge >= 0.3 is 0 Å². The second-order valence-corrected chi connectivity index (χ2v) is 6.19. The number of nitrogen functional groups attached to an aromatic ring is 1. The van der Waals surface area contributed by atoms with Crippen molar-refractivity contribution >= 4 is 27.5 Å². The third-order valence-electron chi connectivity index (χ3n) is 3.99. The van der Waals surface area contributed by atoms with Gasteiger partial charge in [0, 0.05) is 47.9 Å². The molecule has 0 bridgehead atoms. The van der Waals surface area contributed by atoms with Crippen molar-refractivity contribution in [1.82, 2.24) is 4.90 Å². The molecule has 102 valence electrons. The first-order valence-corrected chi connectivity index (χ1v) is 7.57. The summed E-state index contributed by atoms with van der Waals surface area (Å²) in [6, 6.07) is 6.93. The Labute approximate surface area is 122 Å². The summed E-state index contributed by atoms with van der Waals surface area (Å²) in [5.74, 6) is 0.108. The Morgan fingerprint density at radius 3 is 2.42 bits per heavy atom. The number of hydrogen-bond donors (Lipinski definition) is 2. The van der Waals surface area contributed by atoms with E-state index in [0.717, 1.165) is 42.3 Å². The first-order chi connectivity index (χ1) is 9.15. The second-order valence-electron chi connectivity index (χ2n) is 5.33. The number of hydrogen-bond acceptors (Lipinski definition) is 3. The summed E-state index contributed by atoms with van der Waals surface area (Å²) in [6.45, 7) is 4.50. The minimum Gasteiger partial charge on any atom is -0.384 e. The van der Waals surface area contributed by atoms with Gasteiger partial charge in [0.25, 0.3) is 0 Å². The predicted molar refractivity (Wildman–Crippen MR) is 82.0 cm³/mol. The van der Waals surface area contributed by atoms with E-state index >= 15 is 0 Å². The highest BCUT2D eigenvalue weighted by Crippen LogP contribution is 2.29. The normalized spacial score (nSPS) is 20.6. The molecule has 2 aliphatic rings. The number of amidine groups is 1. The van der Waals surface area contributed by atoms with Crippen LogP contribution in [0.15, 0.2) is 22.7 Å². The van der Waals surface area contributed by atoms with Crippen LogP contribution in [0, 0.1) is 5.41 Å². The molecule has 3 rings (SSSR count). The van der Waals surface area contributed by atoms with Gasteiger partial charge in [-0.05, 0) is 47.0 Å². The van der Waals surface area contributed by atoms with E-state index in [4.69, 9.17) is 11.1 Å². The fourth-order valence-corrected chi connectivity index (χ4v) is 3.28. The molecule has 1 aromatic carbocycles. The monoisotopic (exact) mass is 322 g/mol. The van der Waals surface area contributed by atoms with Crippen LogP contribution in [0.2, 0.25) is 0 Å². The van der Waals surface area contributed by atoms with Gasteiger partial charge in [-0.2, -0.15) is 0 Å². The van der Waals surface area contributed by atoms with E-state index in [2.05, 4.69) is 37.9 Å². The zero-order valence-corrected chi connectivity index (χ0v) is 12.5. The summed E-state index contributed by atoms with van der Waals surface area (Å²) in [7, 11) is 0. The van der Waals surface area contributed by atoms with Crippen LogP contribution in [-0.4, -0.2) is 43.0 Å². The van der Waals surface area contributed by atoms with Crippen LogP contribution in [0.5, 0.6) is 0 Å². The molecule has 1 saturated carbocycles. The van der Waals surface area contributed by atoms with Gasteiger partial charge in [0.2, 0.25) is 0 Å². The molecule has 1 aliphatic carbocycles. The van der Waals surface area contributed by atoms with Crippen LogP contribution in [0.3, 0.4) is 0 Å². The van der Waals surface area contributed by atoms with Crippen LogP contribution >= 0.6 is 15.9 Å². The highest BCUT2D eigenvalue weighted by atomic mass is 79.9. The Hall–Kier alpha value is -1.07. The summed E-state index contributed by atoms with van der Waals surface area (Å²) < 4.78 is 0.905. The first-order valence-electron chi connectivity index (χ1n) is 6.78. The van der Waals surface area contributed by atoms with Crippen molar-refractivity contribution in [1.29, 1.82) is 5.41 Å². The van der Waals surface area contributed by atoms with E-state index in [1.807, 2.05) is 6.07 Å². The zero-order valence-electron chi connectivity index (χ0n) is 10.9. The SMILES string of the molecule is N=C(N)c1ccc(N2CCN(C3CC3)CC2)cc1Br. The number of anilines is 1. The molecule has 1 saturated heterocycles.